The van der Waals surface area contributed by atoms with Crippen molar-refractivity contribution in [3.8, 4) is 5.75 Å². The van der Waals surface area contributed by atoms with E-state index in [2.05, 4.69) is 0 Å². The number of hydrogen-bond donors (Lipinski definition) is 1. The van der Waals surface area contributed by atoms with Crippen molar-refractivity contribution in [2.45, 2.75) is 38.4 Å². The molecule has 0 spiro atoms. The molecular weight excluding hydrogens is 241 g/mol. The summed E-state index contributed by atoms with van der Waals surface area (Å²) in [7, 11) is 0. The predicted molar refractivity (Wildman–Crippen MR) is 62.1 cm³/mol. The van der Waals surface area contributed by atoms with Crippen molar-refractivity contribution in [3.63, 3.8) is 0 Å². The van der Waals surface area contributed by atoms with E-state index in [1.54, 1.807) is 20.8 Å². The maximum absolute atomic E-state index is 13.5. The number of ether oxygens (including phenoxy) is 1. The minimum atomic E-state index is -1.14. The molecule has 0 aliphatic carbocycles. The van der Waals surface area contributed by atoms with Crippen LogP contribution in [0.1, 0.15) is 26.3 Å². The van der Waals surface area contributed by atoms with Gasteiger partial charge in [-0.1, -0.05) is 0 Å². The van der Waals surface area contributed by atoms with Crippen LogP contribution in [0, 0.1) is 15.9 Å². The predicted octanol–water partition coefficient (Wildman–Crippen LogP) is 2.20. The van der Waals surface area contributed by atoms with Crippen LogP contribution in [-0.4, -0.2) is 21.2 Å². The van der Waals surface area contributed by atoms with Gasteiger partial charge in [-0.15, -0.1) is 0 Å². The number of nitro benzene ring substituents is 1. The summed E-state index contributed by atoms with van der Waals surface area (Å²) in [6.45, 7) is 4.87. The molecule has 1 aromatic rings. The molecule has 18 heavy (non-hydrogen) atoms. The molecule has 0 fully saturated rings. The van der Waals surface area contributed by atoms with Crippen LogP contribution in [0.2, 0.25) is 0 Å². The molecule has 0 aromatic heterocycles. The Balaban J connectivity index is 2.45. The van der Waals surface area contributed by atoms with Gasteiger partial charge in [0.1, 0.15) is 11.4 Å². The first-order chi connectivity index (χ1) is 8.14. The number of hydrogen-bond acceptors (Lipinski definition) is 4. The van der Waals surface area contributed by atoms with Crippen molar-refractivity contribution in [2.24, 2.45) is 0 Å². The van der Waals surface area contributed by atoms with Crippen LogP contribution >= 0.6 is 0 Å². The van der Waals surface area contributed by atoms with Gasteiger partial charge in [-0.3, -0.25) is 10.1 Å². The molecule has 0 bridgehead atoms. The SMILES string of the molecule is CC(C)(O)C1(C)Cc2cc([N+](=O)[O-])c(F)cc2O1. The molecule has 2 rings (SSSR count). The number of halogens is 1. The minimum Gasteiger partial charge on any atom is -0.484 e. The summed E-state index contributed by atoms with van der Waals surface area (Å²) in [4.78, 5) is 9.89. The number of aliphatic hydroxyl groups is 1. The fourth-order valence-electron chi connectivity index (χ4n) is 1.94. The van der Waals surface area contributed by atoms with Gasteiger partial charge in [0, 0.05) is 24.1 Å². The van der Waals surface area contributed by atoms with E-state index in [0.717, 1.165) is 6.07 Å². The third-order valence-corrected chi connectivity index (χ3v) is 3.48. The number of fused-ring (bicyclic) bond motifs is 1. The Bertz CT molecular complexity index is 524. The standard InChI is InChI=1S/C12H14FNO4/c1-11(2,15)12(3)6-7-4-9(14(16)17)8(13)5-10(7)18-12/h4-5,15H,6H2,1-3H3. The van der Waals surface area contributed by atoms with Crippen LogP contribution in [0.25, 0.3) is 0 Å². The topological polar surface area (TPSA) is 72.6 Å². The summed E-state index contributed by atoms with van der Waals surface area (Å²) in [5, 5.41) is 20.7. The zero-order valence-corrected chi connectivity index (χ0v) is 10.4. The van der Waals surface area contributed by atoms with E-state index in [1.807, 2.05) is 0 Å². The molecule has 1 unspecified atom stereocenters. The van der Waals surface area contributed by atoms with Gasteiger partial charge >= 0.3 is 5.69 Å². The third kappa shape index (κ3) is 1.82. The highest BCUT2D eigenvalue weighted by Crippen LogP contribution is 2.42. The Morgan fingerprint density at radius 3 is 2.67 bits per heavy atom. The molecule has 1 aromatic carbocycles. The van der Waals surface area contributed by atoms with E-state index in [9.17, 15) is 19.6 Å². The van der Waals surface area contributed by atoms with Gasteiger partial charge in [0.25, 0.3) is 0 Å². The molecule has 0 saturated carbocycles. The second-order valence-corrected chi connectivity index (χ2v) is 5.24. The third-order valence-electron chi connectivity index (χ3n) is 3.48. The summed E-state index contributed by atoms with van der Waals surface area (Å²) in [5.41, 5.74) is -2.10. The van der Waals surface area contributed by atoms with Gasteiger partial charge in [0.15, 0.2) is 0 Å². The Labute approximate surface area is 103 Å². The molecule has 5 nitrogen and oxygen atoms in total. The molecule has 1 N–H and O–H groups in total. The molecule has 0 radical (unpaired) electrons. The molecule has 1 aliphatic heterocycles. The van der Waals surface area contributed by atoms with Gasteiger partial charge in [-0.05, 0) is 20.8 Å². The van der Waals surface area contributed by atoms with Crippen molar-refractivity contribution in [2.75, 3.05) is 0 Å². The average molecular weight is 255 g/mol. The molecule has 6 heteroatoms. The first kappa shape index (κ1) is 12.8. The molecule has 0 saturated heterocycles. The van der Waals surface area contributed by atoms with Crippen LogP contribution in [0.3, 0.4) is 0 Å². The summed E-state index contributed by atoms with van der Waals surface area (Å²) in [6.07, 6.45) is 0.299. The van der Waals surface area contributed by atoms with Crippen LogP contribution < -0.4 is 4.74 Å². The van der Waals surface area contributed by atoms with E-state index in [0.29, 0.717) is 12.0 Å². The van der Waals surface area contributed by atoms with E-state index in [4.69, 9.17) is 4.74 Å². The zero-order chi connectivity index (χ0) is 13.7. The van der Waals surface area contributed by atoms with E-state index >= 15 is 0 Å². The second-order valence-electron chi connectivity index (χ2n) is 5.24. The number of nitro groups is 1. The van der Waals surface area contributed by atoms with Crippen LogP contribution in [0.5, 0.6) is 5.75 Å². The monoisotopic (exact) mass is 255 g/mol. The molecular formula is C12H14FNO4. The summed E-state index contributed by atoms with van der Waals surface area (Å²) in [6, 6.07) is 2.17. The quantitative estimate of drug-likeness (QED) is 0.649. The lowest BCUT2D eigenvalue weighted by Crippen LogP contribution is -2.51. The maximum Gasteiger partial charge on any atom is 0.305 e. The number of rotatable bonds is 2. The summed E-state index contributed by atoms with van der Waals surface area (Å²) < 4.78 is 19.0. The Morgan fingerprint density at radius 1 is 1.56 bits per heavy atom. The highest BCUT2D eigenvalue weighted by Gasteiger charge is 2.47. The minimum absolute atomic E-state index is 0.253. The van der Waals surface area contributed by atoms with Crippen molar-refractivity contribution in [1.82, 2.24) is 0 Å². The number of nitrogens with zero attached hydrogens (tertiary/aromatic N) is 1. The highest BCUT2D eigenvalue weighted by atomic mass is 19.1. The summed E-state index contributed by atoms with van der Waals surface area (Å²) in [5.74, 6) is -0.679. The first-order valence-electron chi connectivity index (χ1n) is 5.52. The normalized spacial score (nSPS) is 22.5. The second kappa shape index (κ2) is 3.65. The lowest BCUT2D eigenvalue weighted by Gasteiger charge is -2.36. The molecule has 1 aliphatic rings. The van der Waals surface area contributed by atoms with Crippen molar-refractivity contribution >= 4 is 5.69 Å². The van der Waals surface area contributed by atoms with Gasteiger partial charge in [-0.2, -0.15) is 4.39 Å². The molecule has 0 amide bonds. The van der Waals surface area contributed by atoms with Crippen LogP contribution in [-0.2, 0) is 6.42 Å². The fraction of sp³-hybridized carbons (Fsp3) is 0.500. The van der Waals surface area contributed by atoms with E-state index in [-0.39, 0.29) is 5.75 Å². The average Bonchev–Trinajstić information content (AvgIpc) is 2.52. The van der Waals surface area contributed by atoms with Crippen LogP contribution in [0.15, 0.2) is 12.1 Å². The number of benzene rings is 1. The highest BCUT2D eigenvalue weighted by molar-refractivity contribution is 5.48. The van der Waals surface area contributed by atoms with Gasteiger partial charge < -0.3 is 9.84 Å². The zero-order valence-electron chi connectivity index (χ0n) is 10.4. The smallest absolute Gasteiger partial charge is 0.305 e. The molecule has 1 atom stereocenters. The molecule has 1 heterocycles. The van der Waals surface area contributed by atoms with Gasteiger partial charge in [-0.25, -0.2) is 0 Å². The van der Waals surface area contributed by atoms with Crippen molar-refractivity contribution in [1.29, 1.82) is 0 Å². The van der Waals surface area contributed by atoms with Gasteiger partial charge in [0.2, 0.25) is 5.82 Å². The van der Waals surface area contributed by atoms with Crippen molar-refractivity contribution < 1.29 is 19.2 Å². The van der Waals surface area contributed by atoms with E-state index in [1.165, 1.54) is 6.07 Å². The Morgan fingerprint density at radius 2 is 2.17 bits per heavy atom. The molecule has 98 valence electrons. The maximum atomic E-state index is 13.5. The first-order valence-corrected chi connectivity index (χ1v) is 5.52. The van der Waals surface area contributed by atoms with E-state index < -0.39 is 27.6 Å². The van der Waals surface area contributed by atoms with Crippen molar-refractivity contribution in [3.05, 3.63) is 33.6 Å². The van der Waals surface area contributed by atoms with Crippen LogP contribution in [0.4, 0.5) is 10.1 Å². The lowest BCUT2D eigenvalue weighted by atomic mass is 9.84. The fourth-order valence-corrected chi connectivity index (χ4v) is 1.94. The largest absolute Gasteiger partial charge is 0.484 e. The van der Waals surface area contributed by atoms with Gasteiger partial charge in [0.05, 0.1) is 10.5 Å². The Kier molecular flexibility index (Phi) is 2.59. The Hall–Kier alpha value is -1.69. The lowest BCUT2D eigenvalue weighted by molar-refractivity contribution is -0.387. The summed E-state index contributed by atoms with van der Waals surface area (Å²) >= 11 is 0.